The molecule has 0 amide bonds. The molecule has 0 bridgehead atoms. The van der Waals surface area contributed by atoms with Crippen molar-refractivity contribution in [1.29, 1.82) is 0 Å². The zero-order valence-corrected chi connectivity index (χ0v) is 15.7. The second-order valence-corrected chi connectivity index (χ2v) is 7.27. The van der Waals surface area contributed by atoms with E-state index in [1.807, 2.05) is 18.2 Å². The van der Waals surface area contributed by atoms with Gasteiger partial charge in [0.15, 0.2) is 0 Å². The zero-order chi connectivity index (χ0) is 17.0. The number of halogens is 1. The number of carbonyl (C=O) groups excluding carboxylic acids is 1. The lowest BCUT2D eigenvalue weighted by Crippen LogP contribution is -2.03. The van der Waals surface area contributed by atoms with Gasteiger partial charge in [-0.1, -0.05) is 61.8 Å². The van der Waals surface area contributed by atoms with Gasteiger partial charge in [-0.05, 0) is 41.2 Å². The SMILES string of the molecule is CC(C)c1ccc(C(C)C)c(OCc2cc(Br)ccc2C=O)c1. The fraction of sp³-hybridized carbons (Fsp3) is 0.350. The van der Waals surface area contributed by atoms with Crippen LogP contribution in [0.4, 0.5) is 0 Å². The van der Waals surface area contributed by atoms with E-state index >= 15 is 0 Å². The zero-order valence-electron chi connectivity index (χ0n) is 14.1. The van der Waals surface area contributed by atoms with Crippen molar-refractivity contribution in [3.8, 4) is 5.75 Å². The molecule has 0 saturated carbocycles. The number of ether oxygens (including phenoxy) is 1. The first-order valence-electron chi connectivity index (χ1n) is 7.92. The maximum absolute atomic E-state index is 11.2. The molecule has 0 unspecified atom stereocenters. The quantitative estimate of drug-likeness (QED) is 0.572. The Hall–Kier alpha value is -1.61. The number of rotatable bonds is 6. The highest BCUT2D eigenvalue weighted by atomic mass is 79.9. The Morgan fingerprint density at radius 2 is 1.78 bits per heavy atom. The van der Waals surface area contributed by atoms with Crippen LogP contribution in [0.5, 0.6) is 5.75 Å². The summed E-state index contributed by atoms with van der Waals surface area (Å²) in [6.45, 7) is 9.05. The summed E-state index contributed by atoms with van der Waals surface area (Å²) in [6.07, 6.45) is 0.874. The predicted octanol–water partition coefficient (Wildman–Crippen LogP) is 6.09. The number of hydrogen-bond donors (Lipinski definition) is 0. The maximum Gasteiger partial charge on any atom is 0.150 e. The average molecular weight is 375 g/mol. The van der Waals surface area contributed by atoms with E-state index in [0.717, 1.165) is 22.1 Å². The van der Waals surface area contributed by atoms with E-state index in [4.69, 9.17) is 4.74 Å². The number of benzene rings is 2. The maximum atomic E-state index is 11.2. The van der Waals surface area contributed by atoms with E-state index in [-0.39, 0.29) is 0 Å². The van der Waals surface area contributed by atoms with Crippen LogP contribution < -0.4 is 4.74 Å². The van der Waals surface area contributed by atoms with Gasteiger partial charge in [0.25, 0.3) is 0 Å². The summed E-state index contributed by atoms with van der Waals surface area (Å²) in [7, 11) is 0. The normalized spacial score (nSPS) is 11.1. The van der Waals surface area contributed by atoms with Crippen LogP contribution in [0.3, 0.4) is 0 Å². The third-order valence-corrected chi connectivity index (χ3v) is 4.43. The molecule has 0 aliphatic rings. The number of carbonyl (C=O) groups is 1. The van der Waals surface area contributed by atoms with Crippen LogP contribution >= 0.6 is 15.9 Å². The predicted molar refractivity (Wildman–Crippen MR) is 98.5 cm³/mol. The molecule has 23 heavy (non-hydrogen) atoms. The highest BCUT2D eigenvalue weighted by Gasteiger charge is 2.12. The van der Waals surface area contributed by atoms with Gasteiger partial charge in [-0.2, -0.15) is 0 Å². The third kappa shape index (κ3) is 4.44. The van der Waals surface area contributed by atoms with E-state index in [1.165, 1.54) is 11.1 Å². The Morgan fingerprint density at radius 1 is 1.04 bits per heavy atom. The molecule has 0 spiro atoms. The van der Waals surface area contributed by atoms with Crippen molar-refractivity contribution < 1.29 is 9.53 Å². The highest BCUT2D eigenvalue weighted by molar-refractivity contribution is 9.10. The summed E-state index contributed by atoms with van der Waals surface area (Å²) in [5.74, 6) is 1.75. The van der Waals surface area contributed by atoms with Crippen LogP contribution in [0, 0.1) is 0 Å². The Bertz CT molecular complexity index is 690. The van der Waals surface area contributed by atoms with Gasteiger partial charge in [-0.15, -0.1) is 0 Å². The molecule has 2 aromatic carbocycles. The minimum Gasteiger partial charge on any atom is -0.489 e. The molecule has 0 N–H and O–H groups in total. The largest absolute Gasteiger partial charge is 0.489 e. The van der Waals surface area contributed by atoms with Gasteiger partial charge in [0, 0.05) is 15.6 Å². The second-order valence-electron chi connectivity index (χ2n) is 6.36. The molecule has 2 nitrogen and oxygen atoms in total. The second kappa shape index (κ2) is 7.78. The lowest BCUT2D eigenvalue weighted by molar-refractivity contribution is 0.112. The van der Waals surface area contributed by atoms with Crippen LogP contribution in [-0.4, -0.2) is 6.29 Å². The molecule has 0 heterocycles. The smallest absolute Gasteiger partial charge is 0.150 e. The van der Waals surface area contributed by atoms with Gasteiger partial charge in [-0.3, -0.25) is 4.79 Å². The van der Waals surface area contributed by atoms with Gasteiger partial charge >= 0.3 is 0 Å². The molecular weight excluding hydrogens is 352 g/mol. The average Bonchev–Trinajstić information content (AvgIpc) is 2.52. The van der Waals surface area contributed by atoms with E-state index in [1.54, 1.807) is 0 Å². The standard InChI is InChI=1S/C20H23BrO2/c1-13(2)15-6-8-19(14(3)4)20(10-15)23-12-17-9-18(21)7-5-16(17)11-22/h5-11,13-14H,12H2,1-4H3. The Balaban J connectivity index is 2.30. The summed E-state index contributed by atoms with van der Waals surface area (Å²) in [4.78, 5) is 11.2. The van der Waals surface area contributed by atoms with Gasteiger partial charge in [0.1, 0.15) is 18.6 Å². The molecule has 0 saturated heterocycles. The van der Waals surface area contributed by atoms with Crippen LogP contribution in [0.1, 0.15) is 66.6 Å². The van der Waals surface area contributed by atoms with E-state index in [9.17, 15) is 4.79 Å². The number of hydrogen-bond acceptors (Lipinski definition) is 2. The summed E-state index contributed by atoms with van der Waals surface area (Å²) in [5.41, 5.74) is 4.00. The minimum absolute atomic E-state index is 0.384. The van der Waals surface area contributed by atoms with Gasteiger partial charge in [0.2, 0.25) is 0 Å². The van der Waals surface area contributed by atoms with Crippen molar-refractivity contribution in [2.75, 3.05) is 0 Å². The molecule has 0 aliphatic carbocycles. The Kier molecular flexibility index (Phi) is 6.00. The van der Waals surface area contributed by atoms with Gasteiger partial charge < -0.3 is 4.74 Å². The summed E-state index contributed by atoms with van der Waals surface area (Å²) in [5, 5.41) is 0. The van der Waals surface area contributed by atoms with Crippen LogP contribution in [-0.2, 0) is 6.61 Å². The third-order valence-electron chi connectivity index (χ3n) is 3.94. The van der Waals surface area contributed by atoms with Crippen molar-refractivity contribution in [2.45, 2.75) is 46.1 Å². The van der Waals surface area contributed by atoms with E-state index in [2.05, 4.69) is 61.8 Å². The van der Waals surface area contributed by atoms with Crippen molar-refractivity contribution >= 4 is 22.2 Å². The van der Waals surface area contributed by atoms with E-state index < -0.39 is 0 Å². The Morgan fingerprint density at radius 3 is 2.39 bits per heavy atom. The van der Waals surface area contributed by atoms with E-state index in [0.29, 0.717) is 24.0 Å². The lowest BCUT2D eigenvalue weighted by atomic mass is 9.96. The van der Waals surface area contributed by atoms with Crippen molar-refractivity contribution in [1.82, 2.24) is 0 Å². The lowest BCUT2D eigenvalue weighted by Gasteiger charge is -2.17. The number of aldehydes is 1. The summed E-state index contributed by atoms with van der Waals surface area (Å²) < 4.78 is 7.04. The van der Waals surface area contributed by atoms with Crippen LogP contribution in [0.15, 0.2) is 40.9 Å². The molecule has 2 aromatic rings. The molecule has 3 heteroatoms. The highest BCUT2D eigenvalue weighted by Crippen LogP contribution is 2.31. The van der Waals surface area contributed by atoms with Crippen LogP contribution in [0.25, 0.3) is 0 Å². The first-order chi connectivity index (χ1) is 10.9. The molecule has 0 fully saturated rings. The van der Waals surface area contributed by atoms with Crippen molar-refractivity contribution in [2.24, 2.45) is 0 Å². The molecule has 0 aliphatic heterocycles. The monoisotopic (exact) mass is 374 g/mol. The van der Waals surface area contributed by atoms with Crippen LogP contribution in [0.2, 0.25) is 0 Å². The first-order valence-corrected chi connectivity index (χ1v) is 8.72. The molecule has 2 rings (SSSR count). The first kappa shape index (κ1) is 17.7. The molecule has 0 radical (unpaired) electrons. The van der Waals surface area contributed by atoms with Crippen molar-refractivity contribution in [3.63, 3.8) is 0 Å². The fourth-order valence-corrected chi connectivity index (χ4v) is 2.89. The van der Waals surface area contributed by atoms with Crippen molar-refractivity contribution in [3.05, 3.63) is 63.1 Å². The minimum atomic E-state index is 0.384. The molecule has 0 atom stereocenters. The molecule has 0 aromatic heterocycles. The summed E-state index contributed by atoms with van der Waals surface area (Å²) in [6, 6.07) is 12.1. The molecule has 122 valence electrons. The Labute approximate surface area is 147 Å². The van der Waals surface area contributed by atoms with Gasteiger partial charge in [0.05, 0.1) is 0 Å². The fourth-order valence-electron chi connectivity index (χ4n) is 2.48. The molecular formula is C20H23BrO2. The van der Waals surface area contributed by atoms with Gasteiger partial charge in [-0.25, -0.2) is 0 Å². The topological polar surface area (TPSA) is 26.3 Å². The summed E-state index contributed by atoms with van der Waals surface area (Å²) >= 11 is 3.45.